The average Bonchev–Trinajstić information content (AvgIpc) is 2.41. The van der Waals surface area contributed by atoms with E-state index in [0.29, 0.717) is 6.61 Å². The third-order valence-electron chi connectivity index (χ3n) is 3.44. The first kappa shape index (κ1) is 13.9. The Morgan fingerprint density at radius 2 is 2.26 bits per heavy atom. The van der Waals surface area contributed by atoms with Crippen molar-refractivity contribution in [2.24, 2.45) is 5.92 Å². The van der Waals surface area contributed by atoms with Gasteiger partial charge in [-0.1, -0.05) is 12.1 Å². The SMILES string of the molecule is CCOc1ccccc1NC(=O)[C@H]1CCCN(C)C1. The van der Waals surface area contributed by atoms with Crippen molar-refractivity contribution in [1.82, 2.24) is 4.90 Å². The summed E-state index contributed by atoms with van der Waals surface area (Å²) in [6, 6.07) is 7.59. The minimum Gasteiger partial charge on any atom is -0.492 e. The minimum atomic E-state index is 0.0773. The number of carbonyl (C=O) groups is 1. The lowest BCUT2D eigenvalue weighted by molar-refractivity contribution is -0.121. The molecule has 1 fully saturated rings. The molecule has 104 valence electrons. The number of nitrogens with one attached hydrogen (secondary N) is 1. The zero-order valence-electron chi connectivity index (χ0n) is 11.7. The Hall–Kier alpha value is -1.55. The first-order valence-electron chi connectivity index (χ1n) is 6.92. The predicted molar refractivity (Wildman–Crippen MR) is 76.5 cm³/mol. The normalized spacial score (nSPS) is 20.0. The van der Waals surface area contributed by atoms with E-state index in [1.807, 2.05) is 31.2 Å². The Morgan fingerprint density at radius 3 is 3.00 bits per heavy atom. The Morgan fingerprint density at radius 1 is 1.47 bits per heavy atom. The summed E-state index contributed by atoms with van der Waals surface area (Å²) >= 11 is 0. The van der Waals surface area contributed by atoms with Crippen LogP contribution < -0.4 is 10.1 Å². The van der Waals surface area contributed by atoms with Gasteiger partial charge in [0.15, 0.2) is 0 Å². The second-order valence-electron chi connectivity index (χ2n) is 5.02. The van der Waals surface area contributed by atoms with E-state index in [1.54, 1.807) is 0 Å². The molecule has 4 nitrogen and oxygen atoms in total. The van der Waals surface area contributed by atoms with Gasteiger partial charge in [0.1, 0.15) is 5.75 Å². The van der Waals surface area contributed by atoms with E-state index in [4.69, 9.17) is 4.74 Å². The zero-order chi connectivity index (χ0) is 13.7. The number of piperidine rings is 1. The van der Waals surface area contributed by atoms with Crippen molar-refractivity contribution in [1.29, 1.82) is 0 Å². The molecule has 1 aliphatic heterocycles. The summed E-state index contributed by atoms with van der Waals surface area (Å²) in [4.78, 5) is 14.5. The molecule has 4 heteroatoms. The van der Waals surface area contributed by atoms with Crippen LogP contribution in [0, 0.1) is 5.92 Å². The molecule has 0 bridgehead atoms. The molecule has 1 amide bonds. The fraction of sp³-hybridized carbons (Fsp3) is 0.533. The molecule has 0 radical (unpaired) electrons. The number of rotatable bonds is 4. The van der Waals surface area contributed by atoms with Crippen LogP contribution in [-0.2, 0) is 4.79 Å². The lowest BCUT2D eigenvalue weighted by atomic mass is 9.97. The summed E-state index contributed by atoms with van der Waals surface area (Å²) in [6.07, 6.45) is 2.05. The first-order valence-corrected chi connectivity index (χ1v) is 6.92. The van der Waals surface area contributed by atoms with Crippen molar-refractivity contribution in [2.75, 3.05) is 32.1 Å². The smallest absolute Gasteiger partial charge is 0.228 e. The molecule has 1 aliphatic rings. The number of hydrogen-bond donors (Lipinski definition) is 1. The molecule has 0 spiro atoms. The van der Waals surface area contributed by atoms with Crippen LogP contribution in [-0.4, -0.2) is 37.6 Å². The fourth-order valence-corrected chi connectivity index (χ4v) is 2.47. The van der Waals surface area contributed by atoms with E-state index in [9.17, 15) is 4.79 Å². The zero-order valence-corrected chi connectivity index (χ0v) is 11.7. The van der Waals surface area contributed by atoms with Crippen LogP contribution in [0.5, 0.6) is 5.75 Å². The monoisotopic (exact) mass is 262 g/mol. The fourth-order valence-electron chi connectivity index (χ4n) is 2.47. The second kappa shape index (κ2) is 6.57. The highest BCUT2D eigenvalue weighted by Gasteiger charge is 2.24. The summed E-state index contributed by atoms with van der Waals surface area (Å²) < 4.78 is 5.52. The van der Waals surface area contributed by atoms with Gasteiger partial charge in [-0.25, -0.2) is 0 Å². The van der Waals surface area contributed by atoms with E-state index in [0.717, 1.165) is 37.4 Å². The molecule has 1 N–H and O–H groups in total. The third kappa shape index (κ3) is 3.70. The van der Waals surface area contributed by atoms with Gasteiger partial charge in [0.2, 0.25) is 5.91 Å². The number of carbonyl (C=O) groups excluding carboxylic acids is 1. The minimum absolute atomic E-state index is 0.0773. The number of anilines is 1. The molecule has 0 unspecified atom stereocenters. The average molecular weight is 262 g/mol. The van der Waals surface area contributed by atoms with Gasteiger partial charge in [-0.2, -0.15) is 0 Å². The van der Waals surface area contributed by atoms with E-state index < -0.39 is 0 Å². The number of ether oxygens (including phenoxy) is 1. The number of benzene rings is 1. The molecule has 0 saturated carbocycles. The highest BCUT2D eigenvalue weighted by molar-refractivity contribution is 5.94. The van der Waals surface area contributed by atoms with Crippen molar-refractivity contribution >= 4 is 11.6 Å². The predicted octanol–water partition coefficient (Wildman–Crippen LogP) is 2.37. The van der Waals surface area contributed by atoms with Crippen LogP contribution in [0.3, 0.4) is 0 Å². The second-order valence-corrected chi connectivity index (χ2v) is 5.02. The summed E-state index contributed by atoms with van der Waals surface area (Å²) in [6.45, 7) is 4.45. The maximum Gasteiger partial charge on any atom is 0.228 e. The summed E-state index contributed by atoms with van der Waals surface area (Å²) in [5, 5.41) is 3.00. The molecule has 0 aromatic heterocycles. The first-order chi connectivity index (χ1) is 9.20. The lowest BCUT2D eigenvalue weighted by Crippen LogP contribution is -2.38. The molecule has 0 aliphatic carbocycles. The molecule has 1 heterocycles. The van der Waals surface area contributed by atoms with Gasteiger partial charge in [-0.05, 0) is 45.5 Å². The molecule has 19 heavy (non-hydrogen) atoms. The van der Waals surface area contributed by atoms with Gasteiger partial charge < -0.3 is 15.0 Å². The Labute approximate surface area is 114 Å². The van der Waals surface area contributed by atoms with E-state index in [-0.39, 0.29) is 11.8 Å². The number of nitrogens with zero attached hydrogens (tertiary/aromatic N) is 1. The van der Waals surface area contributed by atoms with Gasteiger partial charge in [0.25, 0.3) is 0 Å². The largest absolute Gasteiger partial charge is 0.492 e. The van der Waals surface area contributed by atoms with Crippen LogP contribution in [0.15, 0.2) is 24.3 Å². The van der Waals surface area contributed by atoms with Crippen LogP contribution >= 0.6 is 0 Å². The number of para-hydroxylation sites is 2. The number of amides is 1. The van der Waals surface area contributed by atoms with E-state index in [2.05, 4.69) is 17.3 Å². The quantitative estimate of drug-likeness (QED) is 0.905. The molecule has 1 saturated heterocycles. The molecule has 1 atom stereocenters. The van der Waals surface area contributed by atoms with Crippen molar-refractivity contribution in [3.63, 3.8) is 0 Å². The summed E-state index contributed by atoms with van der Waals surface area (Å²) in [7, 11) is 2.06. The van der Waals surface area contributed by atoms with E-state index in [1.165, 1.54) is 0 Å². The van der Waals surface area contributed by atoms with Gasteiger partial charge in [0.05, 0.1) is 18.2 Å². The standard InChI is InChI=1S/C15H22N2O2/c1-3-19-14-9-5-4-8-13(14)16-15(18)12-7-6-10-17(2)11-12/h4-5,8-9,12H,3,6-7,10-11H2,1-2H3,(H,16,18)/t12-/m0/s1. The Kier molecular flexibility index (Phi) is 4.80. The molecule has 2 rings (SSSR count). The summed E-state index contributed by atoms with van der Waals surface area (Å²) in [5.41, 5.74) is 0.766. The number of hydrogen-bond acceptors (Lipinski definition) is 3. The van der Waals surface area contributed by atoms with Gasteiger partial charge in [-0.15, -0.1) is 0 Å². The molecule has 1 aromatic carbocycles. The Bertz CT molecular complexity index is 434. The van der Waals surface area contributed by atoms with Gasteiger partial charge in [0, 0.05) is 6.54 Å². The van der Waals surface area contributed by atoms with Crippen molar-refractivity contribution in [3.8, 4) is 5.75 Å². The van der Waals surface area contributed by atoms with Crippen LogP contribution in [0.2, 0.25) is 0 Å². The highest BCUT2D eigenvalue weighted by atomic mass is 16.5. The Balaban J connectivity index is 2.02. The molecule has 1 aromatic rings. The third-order valence-corrected chi connectivity index (χ3v) is 3.44. The topological polar surface area (TPSA) is 41.6 Å². The molecular weight excluding hydrogens is 240 g/mol. The summed E-state index contributed by atoms with van der Waals surface area (Å²) in [5.74, 6) is 0.912. The van der Waals surface area contributed by atoms with Crippen molar-refractivity contribution < 1.29 is 9.53 Å². The number of likely N-dealkylation sites (tertiary alicyclic amines) is 1. The molecular formula is C15H22N2O2. The van der Waals surface area contributed by atoms with Gasteiger partial charge in [-0.3, -0.25) is 4.79 Å². The maximum atomic E-state index is 12.3. The van der Waals surface area contributed by atoms with Crippen LogP contribution in [0.1, 0.15) is 19.8 Å². The maximum absolute atomic E-state index is 12.3. The van der Waals surface area contributed by atoms with Crippen LogP contribution in [0.4, 0.5) is 5.69 Å². The van der Waals surface area contributed by atoms with Gasteiger partial charge >= 0.3 is 0 Å². The lowest BCUT2D eigenvalue weighted by Gasteiger charge is -2.28. The van der Waals surface area contributed by atoms with Crippen molar-refractivity contribution in [2.45, 2.75) is 19.8 Å². The van der Waals surface area contributed by atoms with E-state index >= 15 is 0 Å². The highest BCUT2D eigenvalue weighted by Crippen LogP contribution is 2.25. The van der Waals surface area contributed by atoms with Crippen molar-refractivity contribution in [3.05, 3.63) is 24.3 Å². The van der Waals surface area contributed by atoms with Crippen LogP contribution in [0.25, 0.3) is 0 Å².